The van der Waals surface area contributed by atoms with Crippen LogP contribution in [0.5, 0.6) is 0 Å². The fourth-order valence-corrected chi connectivity index (χ4v) is 3.67. The number of fused-ring (bicyclic) bond motifs is 2. The number of Topliss-reactive ketones (excluding diaryl/α,β-unsaturated/α-hetero) is 2. The van der Waals surface area contributed by atoms with Gasteiger partial charge in [-0.15, -0.1) is 0 Å². The summed E-state index contributed by atoms with van der Waals surface area (Å²) in [7, 11) is 0. The van der Waals surface area contributed by atoms with E-state index in [1.807, 2.05) is 0 Å². The number of carbonyl (C=O) groups excluding carboxylic acids is 2. The molecular weight excluding hydrogens is 252 g/mol. The van der Waals surface area contributed by atoms with Crippen molar-refractivity contribution in [2.45, 2.75) is 37.8 Å². The van der Waals surface area contributed by atoms with Crippen molar-refractivity contribution < 1.29 is 9.59 Å². The van der Waals surface area contributed by atoms with Crippen molar-refractivity contribution in [2.24, 2.45) is 5.73 Å². The summed E-state index contributed by atoms with van der Waals surface area (Å²) in [4.78, 5) is 27.1. The predicted molar refractivity (Wildman–Crippen MR) is 74.2 cm³/mol. The largest absolute Gasteiger partial charge is 0.394 e. The van der Waals surface area contributed by atoms with Crippen molar-refractivity contribution in [3.63, 3.8) is 0 Å². The van der Waals surface area contributed by atoms with Crippen molar-refractivity contribution in [1.29, 1.82) is 0 Å². The fourth-order valence-electron chi connectivity index (χ4n) is 3.67. The van der Waals surface area contributed by atoms with Crippen molar-refractivity contribution in [1.82, 2.24) is 4.90 Å². The van der Waals surface area contributed by atoms with Gasteiger partial charge < -0.3 is 10.6 Å². The molecule has 0 unspecified atom stereocenters. The average Bonchev–Trinajstić information content (AvgIpc) is 3.20. The Bertz CT molecular complexity index is 650. The van der Waals surface area contributed by atoms with Crippen LogP contribution in [0.3, 0.4) is 0 Å². The molecule has 2 N–H and O–H groups in total. The summed E-state index contributed by atoms with van der Waals surface area (Å²) in [6.07, 6.45) is 4.60. The van der Waals surface area contributed by atoms with Crippen LogP contribution in [0.25, 0.3) is 0 Å². The summed E-state index contributed by atoms with van der Waals surface area (Å²) < 4.78 is 0. The molecule has 1 aromatic rings. The molecule has 4 rings (SSSR count). The lowest BCUT2D eigenvalue weighted by molar-refractivity contribution is 0.0956. The van der Waals surface area contributed by atoms with E-state index < -0.39 is 0 Å². The second-order valence-corrected chi connectivity index (χ2v) is 5.79. The van der Waals surface area contributed by atoms with Gasteiger partial charge in [0.2, 0.25) is 11.6 Å². The molecule has 3 aliphatic rings. The summed E-state index contributed by atoms with van der Waals surface area (Å²) in [5, 5.41) is 0. The summed E-state index contributed by atoms with van der Waals surface area (Å²) in [6.45, 7) is 0. The average molecular weight is 268 g/mol. The standard InChI is InChI=1S/C16H16N2O2/c17-13-14(18-11-7-3-4-8-12(11)18)16(20)10-6-2-1-5-9(10)15(13)19/h1-2,5-6,11-12H,3-4,7-8,17H2/t11-,12+,18?. The number of rotatable bonds is 1. The number of nitrogens with zero attached hydrogens (tertiary/aromatic N) is 1. The molecule has 20 heavy (non-hydrogen) atoms. The molecule has 4 nitrogen and oxygen atoms in total. The molecule has 1 saturated carbocycles. The zero-order chi connectivity index (χ0) is 13.9. The van der Waals surface area contributed by atoms with E-state index in [1.54, 1.807) is 24.3 Å². The Labute approximate surface area is 117 Å². The van der Waals surface area contributed by atoms with E-state index in [0.29, 0.717) is 28.9 Å². The lowest BCUT2D eigenvalue weighted by atomic mass is 9.90. The van der Waals surface area contributed by atoms with Crippen LogP contribution in [0.2, 0.25) is 0 Å². The number of carbonyl (C=O) groups is 2. The van der Waals surface area contributed by atoms with Crippen LogP contribution >= 0.6 is 0 Å². The third-order valence-corrected chi connectivity index (χ3v) is 4.71. The van der Waals surface area contributed by atoms with E-state index in [9.17, 15) is 9.59 Å². The highest BCUT2D eigenvalue weighted by Gasteiger charge is 2.53. The summed E-state index contributed by atoms with van der Waals surface area (Å²) in [6, 6.07) is 7.78. The predicted octanol–water partition coefficient (Wildman–Crippen LogP) is 1.86. The van der Waals surface area contributed by atoms with Crippen LogP contribution in [0.4, 0.5) is 0 Å². The number of ketones is 2. The number of nitrogens with two attached hydrogens (primary N) is 1. The number of benzene rings is 1. The smallest absolute Gasteiger partial charge is 0.212 e. The summed E-state index contributed by atoms with van der Waals surface area (Å²) in [5.41, 5.74) is 7.49. The number of likely N-dealkylation sites (tertiary alicyclic amines) is 1. The zero-order valence-corrected chi connectivity index (χ0v) is 11.1. The summed E-state index contributed by atoms with van der Waals surface area (Å²) >= 11 is 0. The Hall–Kier alpha value is -2.10. The maximum Gasteiger partial charge on any atom is 0.212 e. The first kappa shape index (κ1) is 11.7. The second kappa shape index (κ2) is 3.95. The van der Waals surface area contributed by atoms with Crippen LogP contribution in [-0.4, -0.2) is 28.6 Å². The molecule has 0 spiro atoms. The van der Waals surface area contributed by atoms with Crippen LogP contribution in [-0.2, 0) is 0 Å². The molecular formula is C16H16N2O2. The summed E-state index contributed by atoms with van der Waals surface area (Å²) in [5.74, 6) is -0.300. The third-order valence-electron chi connectivity index (χ3n) is 4.71. The minimum Gasteiger partial charge on any atom is -0.394 e. The van der Waals surface area contributed by atoms with E-state index in [-0.39, 0.29) is 17.3 Å². The first-order chi connectivity index (χ1) is 9.70. The van der Waals surface area contributed by atoms with Crippen LogP contribution in [0, 0.1) is 0 Å². The van der Waals surface area contributed by atoms with Gasteiger partial charge in [0.15, 0.2) is 0 Å². The molecule has 0 radical (unpaired) electrons. The quantitative estimate of drug-likeness (QED) is 0.790. The molecule has 0 aromatic heterocycles. The molecule has 102 valence electrons. The molecule has 2 aliphatic carbocycles. The SMILES string of the molecule is NC1=C(N2[C@@H]3CCCC[C@@H]32)C(=O)c2ccccc2C1=O. The van der Waals surface area contributed by atoms with E-state index in [0.717, 1.165) is 12.8 Å². The molecule has 4 heteroatoms. The van der Waals surface area contributed by atoms with Gasteiger partial charge in [-0.1, -0.05) is 37.1 Å². The maximum absolute atomic E-state index is 12.7. The normalized spacial score (nSPS) is 28.3. The molecule has 1 saturated heterocycles. The maximum atomic E-state index is 12.7. The zero-order valence-electron chi connectivity index (χ0n) is 11.1. The minimum absolute atomic E-state index is 0.0906. The Morgan fingerprint density at radius 1 is 0.950 bits per heavy atom. The molecule has 2 fully saturated rings. The molecule has 0 bridgehead atoms. The first-order valence-electron chi connectivity index (χ1n) is 7.16. The topological polar surface area (TPSA) is 63.2 Å². The fraction of sp³-hybridized carbons (Fsp3) is 0.375. The van der Waals surface area contributed by atoms with Gasteiger partial charge in [-0.2, -0.15) is 0 Å². The Kier molecular flexibility index (Phi) is 2.31. The van der Waals surface area contributed by atoms with E-state index in [2.05, 4.69) is 4.90 Å². The highest BCUT2D eigenvalue weighted by molar-refractivity contribution is 6.26. The molecule has 1 heterocycles. The van der Waals surface area contributed by atoms with Crippen molar-refractivity contribution in [2.75, 3.05) is 0 Å². The lowest BCUT2D eigenvalue weighted by Gasteiger charge is -2.20. The molecule has 1 aromatic carbocycles. The van der Waals surface area contributed by atoms with Crippen LogP contribution < -0.4 is 5.73 Å². The van der Waals surface area contributed by atoms with E-state index >= 15 is 0 Å². The lowest BCUT2D eigenvalue weighted by Crippen LogP contribution is -2.30. The van der Waals surface area contributed by atoms with Gasteiger partial charge in [0.05, 0.1) is 0 Å². The van der Waals surface area contributed by atoms with Gasteiger partial charge in [0, 0.05) is 23.2 Å². The molecule has 2 atom stereocenters. The third kappa shape index (κ3) is 1.42. The van der Waals surface area contributed by atoms with Crippen molar-refractivity contribution >= 4 is 11.6 Å². The number of allylic oxidation sites excluding steroid dienone is 2. The Morgan fingerprint density at radius 3 is 2.10 bits per heavy atom. The van der Waals surface area contributed by atoms with Gasteiger partial charge in [0.25, 0.3) is 0 Å². The van der Waals surface area contributed by atoms with E-state index in [4.69, 9.17) is 5.73 Å². The molecule has 0 amide bonds. The highest BCUT2D eigenvalue weighted by Crippen LogP contribution is 2.45. The van der Waals surface area contributed by atoms with Gasteiger partial charge in [-0.25, -0.2) is 0 Å². The molecule has 1 aliphatic heterocycles. The van der Waals surface area contributed by atoms with E-state index in [1.165, 1.54) is 12.8 Å². The van der Waals surface area contributed by atoms with Gasteiger partial charge in [-0.3, -0.25) is 9.59 Å². The van der Waals surface area contributed by atoms with Gasteiger partial charge in [0.1, 0.15) is 11.4 Å². The second-order valence-electron chi connectivity index (χ2n) is 5.79. The minimum atomic E-state index is -0.209. The van der Waals surface area contributed by atoms with Gasteiger partial charge in [-0.05, 0) is 12.8 Å². The van der Waals surface area contributed by atoms with Crippen molar-refractivity contribution in [3.8, 4) is 0 Å². The van der Waals surface area contributed by atoms with Crippen LogP contribution in [0.1, 0.15) is 46.4 Å². The van der Waals surface area contributed by atoms with Gasteiger partial charge >= 0.3 is 0 Å². The van der Waals surface area contributed by atoms with Crippen LogP contribution in [0.15, 0.2) is 35.7 Å². The van der Waals surface area contributed by atoms with Crippen molar-refractivity contribution in [3.05, 3.63) is 46.8 Å². The Balaban J connectivity index is 1.79. The first-order valence-corrected chi connectivity index (χ1v) is 7.16. The number of hydrogen-bond donors (Lipinski definition) is 1. The number of hydrogen-bond acceptors (Lipinski definition) is 4. The monoisotopic (exact) mass is 268 g/mol. The Morgan fingerprint density at radius 2 is 1.50 bits per heavy atom. The highest BCUT2D eigenvalue weighted by atomic mass is 16.1.